The number of amides is 12. The number of benzene rings is 4. The minimum atomic E-state index is -1.61. The van der Waals surface area contributed by atoms with Crippen LogP contribution in [-0.2, 0) is 74.8 Å². The molecule has 4 aromatic heterocycles. The zero-order valence-electron chi connectivity index (χ0n) is 88.5. The van der Waals surface area contributed by atoms with Crippen LogP contribution in [0.3, 0.4) is 0 Å². The lowest BCUT2D eigenvalue weighted by molar-refractivity contribution is -0.157. The van der Waals surface area contributed by atoms with Gasteiger partial charge in [-0.1, -0.05) is 163 Å². The minimum absolute atomic E-state index is 0.0229. The van der Waals surface area contributed by atoms with E-state index in [2.05, 4.69) is 47.6 Å². The van der Waals surface area contributed by atoms with Crippen molar-refractivity contribution < 1.29 is 76.0 Å². The molecule has 0 aliphatic carbocycles. The predicted octanol–water partition coefficient (Wildman–Crippen LogP) is 12.5. The first kappa shape index (κ1) is 118. The van der Waals surface area contributed by atoms with E-state index in [1.54, 1.807) is 103 Å². The van der Waals surface area contributed by atoms with Gasteiger partial charge in [-0.15, -0.1) is 11.8 Å². The van der Waals surface area contributed by atoms with Crippen LogP contribution in [0.2, 0.25) is 0 Å². The molecule has 0 saturated carbocycles. The molecule has 0 spiro atoms. The lowest BCUT2D eigenvalue weighted by atomic mass is 9.91. The third-order valence-corrected chi connectivity index (χ3v) is 29.4. The number of aromatic amines is 1. The highest BCUT2D eigenvalue weighted by Crippen LogP contribution is 2.37. The standard InChI is InChI=1S/C62H111N11O12.C23H20N4O3S3.C21H16FN3OS/c1-25-27-28-40(15)52(75)51-56(79)65-43(26-2)58(81)67(18)33-48(74)68(19)44(29-34(3)4)55(78)66-49(38(11)12)61(84)69(20)45(30-35(5)6)54(77)63-41(16)53(76)64-42(17)57(80)70(21)46(31-36(7)8)59(82)71(22)47(32-37(9)10)60(83)72(23)50(39(13)14)62(85)73(51)24;1-13-7-8-14-18(11-13)33-22(24-14)26-19(28)12-32-23-25-15-9-10-31-20(15)21(29)27(23)16-5-3-4-6-17(16)30-2;1-27(26)18-8-4-16(5-9-18)21-24-19(14-2-6-17(22)7-3-14)20(25-21)15-10-12-23-13-11-15/h25,27,34-47,49-52,75H,26,28-33H2,1-24H3,(H,63,77)(H,64,76)(H,65,79)(H,66,78);3-8,11H,9-10,12H2,1-2H3,(H,24,26,28);2-13H,1H3,(H,24,25)/b27-25+;;/t40-,41+,42-,43+,44+,45+,46+,47+,49+,50+,51+,52-;;/m1../s1. The van der Waals surface area contributed by atoms with Crippen LogP contribution in [0.4, 0.5) is 9.52 Å². The van der Waals surface area contributed by atoms with Gasteiger partial charge in [-0.25, -0.2) is 19.3 Å². The number of aryl methyl sites for hydroxylation is 2. The quantitative estimate of drug-likeness (QED) is 0.0159. The average Bonchev–Trinajstić information content (AvgIpc) is 1.72. The highest BCUT2D eigenvalue weighted by Gasteiger charge is 2.47. The van der Waals surface area contributed by atoms with Gasteiger partial charge >= 0.3 is 0 Å². The summed E-state index contributed by atoms with van der Waals surface area (Å²) in [6.45, 7) is 31.4. The molecule has 6 heterocycles. The number of rotatable bonds is 25. The number of likely N-dealkylation sites (N-methyl/N-ethyl adjacent to an activating group) is 7. The number of hydrogen-bond donors (Lipinski definition) is 7. The Morgan fingerprint density at radius 2 is 1.16 bits per heavy atom. The van der Waals surface area contributed by atoms with E-state index in [4.69, 9.17) is 14.7 Å². The topological polar surface area (TPSA) is 424 Å². The number of ether oxygens (including phenoxy) is 1. The summed E-state index contributed by atoms with van der Waals surface area (Å²) in [5, 5.41) is 27.0. The van der Waals surface area contributed by atoms with Crippen molar-refractivity contribution in [3.63, 3.8) is 0 Å². The number of pyridine rings is 1. The first-order valence-electron chi connectivity index (χ1n) is 49.1. The largest absolute Gasteiger partial charge is 0.495 e. The average molecular weight is 2080 g/mol. The summed E-state index contributed by atoms with van der Waals surface area (Å²) in [4.78, 5) is 217. The van der Waals surface area contributed by atoms with Gasteiger partial charge < -0.3 is 75.7 Å². The number of aliphatic hydroxyl groups excluding tert-OH is 1. The zero-order chi connectivity index (χ0) is 108. The first-order chi connectivity index (χ1) is 68.4. The van der Waals surface area contributed by atoms with Gasteiger partial charge in [0.05, 0.1) is 63.4 Å². The maximum atomic E-state index is 15.1. The van der Waals surface area contributed by atoms with E-state index < -0.39 is 167 Å². The number of allylic oxidation sites excluding steroid dienone is 2. The molecule has 7 N–H and O–H groups in total. The molecule has 788 valence electrons. The maximum absolute atomic E-state index is 15.1. The molecule has 2 aliphatic heterocycles. The zero-order valence-corrected chi connectivity index (χ0v) is 91.8. The van der Waals surface area contributed by atoms with Crippen LogP contribution in [0.1, 0.15) is 167 Å². The Labute approximate surface area is 866 Å². The van der Waals surface area contributed by atoms with Gasteiger partial charge in [0, 0.05) is 113 Å². The second-order valence-electron chi connectivity index (χ2n) is 39.5. The summed E-state index contributed by atoms with van der Waals surface area (Å²) in [5.41, 5.74) is 7.49. The van der Waals surface area contributed by atoms with E-state index in [0.29, 0.717) is 38.9 Å². The Hall–Kier alpha value is -12.1. The Bertz CT molecular complexity index is 5960. The molecule has 1 fully saturated rings. The first-order valence-corrected chi connectivity index (χ1v) is 53.5. The fourth-order valence-electron chi connectivity index (χ4n) is 17.1. The highest BCUT2D eigenvalue weighted by molar-refractivity contribution is 8.00. The molecule has 2 aliphatic rings. The van der Waals surface area contributed by atoms with Crippen molar-refractivity contribution in [2.45, 2.75) is 251 Å². The van der Waals surface area contributed by atoms with Crippen molar-refractivity contribution >= 4 is 132 Å². The van der Waals surface area contributed by atoms with Gasteiger partial charge in [-0.3, -0.25) is 76.1 Å². The third-order valence-electron chi connectivity index (χ3n) is 25.4. The smallest absolute Gasteiger partial charge is 0.272 e. The maximum Gasteiger partial charge on any atom is 0.272 e. The fourth-order valence-corrected chi connectivity index (χ4v) is 20.5. The van der Waals surface area contributed by atoms with E-state index in [9.17, 15) is 66.4 Å². The number of nitrogens with one attached hydrogen (secondary N) is 6. The molecule has 10 rings (SSSR count). The molecule has 39 heteroatoms. The number of thioether (sulfide) groups is 2. The highest BCUT2D eigenvalue weighted by atomic mass is 32.2. The number of imidazole rings is 1. The summed E-state index contributed by atoms with van der Waals surface area (Å²) < 4.78 is 33.0. The molecule has 0 bridgehead atoms. The van der Waals surface area contributed by atoms with Gasteiger partial charge in [-0.05, 0) is 186 Å². The normalized spacial score (nSPS) is 20.9. The van der Waals surface area contributed by atoms with Crippen molar-refractivity contribution in [3.05, 3.63) is 155 Å². The van der Waals surface area contributed by atoms with Gasteiger partial charge in [-0.2, -0.15) is 0 Å². The Kier molecular flexibility index (Phi) is 44.3. The molecule has 1 saturated heterocycles. The molecule has 1 unspecified atom stereocenters. The Morgan fingerprint density at radius 1 is 0.607 bits per heavy atom. The number of H-pyrrole nitrogens is 1. The summed E-state index contributed by atoms with van der Waals surface area (Å²) in [7, 11) is 10.5. The Balaban J connectivity index is 0.000000338. The number of aliphatic hydroxyl groups is 1. The number of halogens is 1. The van der Waals surface area contributed by atoms with E-state index in [0.717, 1.165) is 76.4 Å². The van der Waals surface area contributed by atoms with Crippen LogP contribution in [-0.4, -0.2) is 291 Å². The summed E-state index contributed by atoms with van der Waals surface area (Å²) in [6.07, 6.45) is 8.87. The number of fused-ring (bicyclic) bond motifs is 2. The van der Waals surface area contributed by atoms with Crippen LogP contribution >= 0.6 is 34.9 Å². The number of carbonyl (C=O) groups is 12. The monoisotopic (exact) mass is 2080 g/mol. The molecule has 145 heavy (non-hydrogen) atoms. The van der Waals surface area contributed by atoms with E-state index in [1.165, 1.54) is 135 Å². The summed E-state index contributed by atoms with van der Waals surface area (Å²) >= 11 is 4.19. The van der Waals surface area contributed by atoms with Crippen molar-refractivity contribution in [1.29, 1.82) is 0 Å². The third kappa shape index (κ3) is 31.3. The van der Waals surface area contributed by atoms with Crippen LogP contribution in [0.25, 0.3) is 49.8 Å². The number of hydrogen-bond acceptors (Lipinski definition) is 23. The van der Waals surface area contributed by atoms with Crippen molar-refractivity contribution in [1.82, 2.24) is 85.1 Å². The molecule has 0 radical (unpaired) electrons. The van der Waals surface area contributed by atoms with Gasteiger partial charge in [0.15, 0.2) is 10.3 Å². The number of carbonyl (C=O) groups excluding carboxylic acids is 12. The lowest BCUT2D eigenvalue weighted by Crippen LogP contribution is -2.63. The number of nitrogens with zero attached hydrogens (tertiary/aromatic N) is 12. The molecule has 4 aromatic carbocycles. The number of methoxy groups -OCH3 is 1. The molecule has 12 amide bonds. The molecule has 13 atom stereocenters. The SMILES string of the molecule is C/C=C/C[C@@H](C)[C@@H](O)[C@H]1C(=O)N[C@@H](CC)C(=O)N(C)CC(=O)N(C)[C@@H](CC(C)C)C(=O)N[C@@H](C(C)C)C(=O)N(C)[C@@H](CC(C)C)C(=O)N[C@@H](C)C(=O)N[C@H](C)C(=O)N(C)[C@@H](CC(C)C)C(=O)N(C)[C@@H](CC(C)C)C(=O)N(C)[C@@H](C(C)C)C(=O)N1C.COc1ccccc1-n1c(SCC(=O)Nc2nc3ccc(C)cc3s2)nc2c(c1=O)SCC2.CS(=O)c1ccc(-c2nc(-c3ccc(F)cc3)c(-c3ccncc3)[nH]2)cc1. The van der Waals surface area contributed by atoms with Crippen LogP contribution in [0.5, 0.6) is 5.75 Å². The molecular formula is C106H147FN18O16S4. The van der Waals surface area contributed by atoms with Crippen molar-refractivity contribution in [2.24, 2.45) is 41.4 Å². The molecule has 34 nitrogen and oxygen atoms in total. The van der Waals surface area contributed by atoms with Gasteiger partial charge in [0.1, 0.15) is 77.8 Å². The number of aromatic nitrogens is 6. The predicted molar refractivity (Wildman–Crippen MR) is 568 cm³/mol. The van der Waals surface area contributed by atoms with Crippen molar-refractivity contribution in [3.8, 4) is 45.3 Å². The summed E-state index contributed by atoms with van der Waals surface area (Å²) in [5.74, 6) is -8.01. The van der Waals surface area contributed by atoms with Crippen LogP contribution < -0.4 is 36.9 Å². The number of thiazole rings is 1. The number of para-hydroxylation sites is 2. The second-order valence-corrected chi connectivity index (χ2v) is 44.0. The second kappa shape index (κ2) is 54.4. The van der Waals surface area contributed by atoms with E-state index in [1.807, 2.05) is 135 Å². The minimum Gasteiger partial charge on any atom is -0.495 e. The molecular weight excluding hydrogens is 1930 g/mol. The van der Waals surface area contributed by atoms with Crippen molar-refractivity contribution in [2.75, 3.05) is 86.1 Å². The fraction of sp³-hybridized carbons (Fsp3) is 0.519. The van der Waals surface area contributed by atoms with Gasteiger partial charge in [0.2, 0.25) is 70.9 Å². The van der Waals surface area contributed by atoms with Crippen LogP contribution in [0, 0.1) is 54.2 Å². The van der Waals surface area contributed by atoms with E-state index >= 15 is 9.59 Å². The number of anilines is 1. The molecule has 8 aromatic rings. The lowest BCUT2D eigenvalue weighted by Gasteiger charge is -2.41. The summed E-state index contributed by atoms with van der Waals surface area (Å²) in [6, 6.07) is 18.5. The van der Waals surface area contributed by atoms with Gasteiger partial charge in [0.25, 0.3) is 5.56 Å². The van der Waals surface area contributed by atoms with E-state index in [-0.39, 0.29) is 78.8 Å². The van der Waals surface area contributed by atoms with Crippen LogP contribution in [0.15, 0.2) is 147 Å². The Morgan fingerprint density at radius 3 is 1.73 bits per heavy atom.